The summed E-state index contributed by atoms with van der Waals surface area (Å²) in [6.07, 6.45) is 0. The van der Waals surface area contributed by atoms with Crippen molar-refractivity contribution < 1.29 is 4.74 Å². The summed E-state index contributed by atoms with van der Waals surface area (Å²) in [5, 5.41) is 2.59. The molecule has 4 aliphatic rings. The zero-order valence-corrected chi connectivity index (χ0v) is 42.2. The fourth-order valence-electron chi connectivity index (χ4n) is 12.9. The second-order valence-electron chi connectivity index (χ2n) is 21.5. The van der Waals surface area contributed by atoms with Gasteiger partial charge in [0.1, 0.15) is 11.5 Å². The first kappa shape index (κ1) is 42.2. The highest BCUT2D eigenvalue weighted by Gasteiger charge is 2.47. The van der Waals surface area contributed by atoms with E-state index in [9.17, 15) is 0 Å². The van der Waals surface area contributed by atoms with Gasteiger partial charge in [-0.15, -0.1) is 0 Å². The number of hydrogen-bond acceptors (Lipinski definition) is 3. The lowest BCUT2D eigenvalue weighted by atomic mass is 9.30. The average molecular weight is 936 g/mol. The van der Waals surface area contributed by atoms with Crippen molar-refractivity contribution in [2.75, 3.05) is 9.80 Å². The number of nitrogens with zero attached hydrogens (tertiary/aromatic N) is 3. The van der Waals surface area contributed by atoms with Crippen molar-refractivity contribution in [1.29, 1.82) is 0 Å². The monoisotopic (exact) mass is 935 g/mol. The molecule has 0 fully saturated rings. The van der Waals surface area contributed by atoms with Crippen LogP contribution in [-0.4, -0.2) is 18.0 Å². The van der Waals surface area contributed by atoms with E-state index in [4.69, 9.17) is 4.74 Å². The summed E-state index contributed by atoms with van der Waals surface area (Å²) in [6, 6.07) is 69.6. The molecule has 10 aromatic carbocycles. The van der Waals surface area contributed by atoms with Crippen molar-refractivity contribution in [3.05, 3.63) is 221 Å². The maximum Gasteiger partial charge on any atom is 0.256 e. The van der Waals surface area contributed by atoms with Gasteiger partial charge in [-0.05, 0) is 176 Å². The van der Waals surface area contributed by atoms with Crippen molar-refractivity contribution in [1.82, 2.24) is 4.57 Å². The summed E-state index contributed by atoms with van der Waals surface area (Å²) in [7, 11) is 0. The Morgan fingerprint density at radius 3 is 1.45 bits per heavy atom. The highest BCUT2D eigenvalue weighted by molar-refractivity contribution is 7.02. The molecule has 4 aliphatic heterocycles. The van der Waals surface area contributed by atoms with Gasteiger partial charge in [0, 0.05) is 62.2 Å². The number of benzene rings is 10. The van der Waals surface area contributed by atoms with Gasteiger partial charge in [-0.3, -0.25) is 0 Å². The van der Waals surface area contributed by atoms with E-state index in [-0.39, 0.29) is 13.4 Å². The summed E-state index contributed by atoms with van der Waals surface area (Å²) in [5.74, 6) is 1.81. The van der Waals surface area contributed by atoms with E-state index in [1.807, 2.05) is 0 Å². The largest absolute Gasteiger partial charge is 0.458 e. The SMILES string of the molecule is Cc1ccc(-c2cc3c4c(c2)N(c2ccc(C)cc2)c2cc5c(cc2B4c2cc(C)ccc2N3c2ccc(C)cc2)B2c3c(cc(-c4ccc(C)cc4)cc3-n3c4ccc(C)cc4c4cc(C)cc2c43)O5)cc1. The molecule has 1 aromatic heterocycles. The third kappa shape index (κ3) is 6.16. The van der Waals surface area contributed by atoms with E-state index in [1.165, 1.54) is 133 Å². The van der Waals surface area contributed by atoms with Gasteiger partial charge in [0.15, 0.2) is 0 Å². The summed E-state index contributed by atoms with van der Waals surface area (Å²) in [6.45, 7) is 15.2. The number of aryl methyl sites for hydroxylation is 7. The molecule has 73 heavy (non-hydrogen) atoms. The molecule has 0 atom stereocenters. The number of anilines is 6. The minimum atomic E-state index is -0.0753. The Balaban J connectivity index is 1.06. The molecule has 15 rings (SSSR count). The molecule has 0 unspecified atom stereocenters. The molecule has 0 radical (unpaired) electrons. The van der Waals surface area contributed by atoms with E-state index in [0.717, 1.165) is 34.1 Å². The van der Waals surface area contributed by atoms with Crippen molar-refractivity contribution in [2.45, 2.75) is 48.5 Å². The number of rotatable bonds is 4. The van der Waals surface area contributed by atoms with E-state index in [1.54, 1.807) is 0 Å². The predicted molar refractivity (Wildman–Crippen MR) is 310 cm³/mol. The minimum absolute atomic E-state index is 0.0732. The maximum atomic E-state index is 7.55. The van der Waals surface area contributed by atoms with Crippen LogP contribution in [0.5, 0.6) is 11.5 Å². The van der Waals surface area contributed by atoms with E-state index in [0.29, 0.717) is 0 Å². The zero-order valence-electron chi connectivity index (χ0n) is 42.2. The first-order valence-electron chi connectivity index (χ1n) is 25.8. The standard InChI is InChI=1S/C67H51B2N3O/c1-38-8-18-45(19-9-38)47-32-60-65-61(33-47)71(50-24-14-41(4)15-25-50)59-37-63-55(36-54(59)68(65)53-30-43(6)17-27-58(53)70(60)49-22-12-40(3)13-23-49)69-56-31-44(7)29-52-51-28-42(5)16-26-57(51)72(67(52)56)62-34-48(35-64(73-63)66(62)69)46-20-10-39(2)11-21-46/h8-37H,1-7H3. The lowest BCUT2D eigenvalue weighted by Gasteiger charge is -2.45. The first-order chi connectivity index (χ1) is 35.5. The van der Waals surface area contributed by atoms with E-state index in [2.05, 4.69) is 245 Å². The fraction of sp³-hybridized carbons (Fsp3) is 0.104. The predicted octanol–water partition coefficient (Wildman–Crippen LogP) is 13.3. The fourth-order valence-corrected chi connectivity index (χ4v) is 12.9. The Bertz CT molecular complexity index is 4190. The lowest BCUT2D eigenvalue weighted by Crippen LogP contribution is -2.64. The Kier molecular flexibility index (Phi) is 8.84. The van der Waals surface area contributed by atoms with Crippen LogP contribution in [0.1, 0.15) is 38.9 Å². The number of fused-ring (bicyclic) bond motifs is 11. The second kappa shape index (κ2) is 15.3. The summed E-state index contributed by atoms with van der Waals surface area (Å²) in [5.41, 5.74) is 31.7. The molecular formula is C67H51B2N3O. The molecular weight excluding hydrogens is 884 g/mol. The van der Waals surface area contributed by atoms with E-state index >= 15 is 0 Å². The van der Waals surface area contributed by atoms with Crippen LogP contribution in [0.4, 0.5) is 34.1 Å². The van der Waals surface area contributed by atoms with Gasteiger partial charge in [-0.2, -0.15) is 0 Å². The summed E-state index contributed by atoms with van der Waals surface area (Å²) in [4.78, 5) is 5.07. The smallest absolute Gasteiger partial charge is 0.256 e. The van der Waals surface area contributed by atoms with Gasteiger partial charge in [0.2, 0.25) is 0 Å². The van der Waals surface area contributed by atoms with Gasteiger partial charge >= 0.3 is 0 Å². The van der Waals surface area contributed by atoms with Gasteiger partial charge in [0.05, 0.1) is 5.52 Å². The Morgan fingerprint density at radius 1 is 0.315 bits per heavy atom. The van der Waals surface area contributed by atoms with Crippen LogP contribution in [0.3, 0.4) is 0 Å². The van der Waals surface area contributed by atoms with Gasteiger partial charge in [0.25, 0.3) is 13.4 Å². The second-order valence-corrected chi connectivity index (χ2v) is 21.5. The molecule has 0 saturated heterocycles. The van der Waals surface area contributed by atoms with Gasteiger partial charge in [-0.25, -0.2) is 0 Å². The first-order valence-corrected chi connectivity index (χ1v) is 25.8. The van der Waals surface area contributed by atoms with Gasteiger partial charge < -0.3 is 19.1 Å². The Morgan fingerprint density at radius 2 is 0.808 bits per heavy atom. The highest BCUT2D eigenvalue weighted by Crippen LogP contribution is 2.48. The zero-order chi connectivity index (χ0) is 49.1. The molecule has 5 heterocycles. The lowest BCUT2D eigenvalue weighted by molar-refractivity contribution is 0.487. The molecule has 11 aromatic rings. The van der Waals surface area contributed by atoms with Crippen LogP contribution in [0.2, 0.25) is 0 Å². The molecule has 0 aliphatic carbocycles. The summed E-state index contributed by atoms with van der Waals surface area (Å²) >= 11 is 0. The molecule has 0 bridgehead atoms. The Hall–Kier alpha value is -8.47. The normalized spacial score (nSPS) is 13.4. The van der Waals surface area contributed by atoms with Crippen LogP contribution in [-0.2, 0) is 0 Å². The number of aromatic nitrogens is 1. The quantitative estimate of drug-likeness (QED) is 0.164. The van der Waals surface area contributed by atoms with Crippen molar-refractivity contribution >= 4 is 102 Å². The van der Waals surface area contributed by atoms with Crippen LogP contribution in [0.25, 0.3) is 49.7 Å². The molecule has 4 nitrogen and oxygen atoms in total. The van der Waals surface area contributed by atoms with Crippen molar-refractivity contribution in [3.8, 4) is 39.4 Å². The average Bonchev–Trinajstić information content (AvgIpc) is 3.71. The number of hydrogen-bond donors (Lipinski definition) is 0. The summed E-state index contributed by atoms with van der Waals surface area (Å²) < 4.78 is 10.1. The molecule has 6 heteroatoms. The van der Waals surface area contributed by atoms with Gasteiger partial charge in [-0.1, -0.05) is 142 Å². The van der Waals surface area contributed by atoms with Crippen LogP contribution >= 0.6 is 0 Å². The number of ether oxygens (including phenoxy) is 1. The van der Waals surface area contributed by atoms with E-state index < -0.39 is 0 Å². The molecule has 346 valence electrons. The third-order valence-corrected chi connectivity index (χ3v) is 16.4. The molecule has 0 N–H and O–H groups in total. The Labute approximate surface area is 427 Å². The van der Waals surface area contributed by atoms with Crippen LogP contribution in [0, 0.1) is 48.5 Å². The topological polar surface area (TPSA) is 20.6 Å². The highest BCUT2D eigenvalue weighted by atomic mass is 16.5. The van der Waals surface area contributed by atoms with Crippen LogP contribution in [0.15, 0.2) is 182 Å². The minimum Gasteiger partial charge on any atom is -0.458 e. The molecule has 0 spiro atoms. The maximum absolute atomic E-state index is 7.55. The molecule has 0 amide bonds. The molecule has 0 saturated carbocycles. The van der Waals surface area contributed by atoms with Crippen LogP contribution < -0.4 is 47.3 Å². The third-order valence-electron chi connectivity index (χ3n) is 16.4. The van der Waals surface area contributed by atoms with Crippen molar-refractivity contribution in [3.63, 3.8) is 0 Å². The van der Waals surface area contributed by atoms with Crippen molar-refractivity contribution in [2.24, 2.45) is 0 Å².